The van der Waals surface area contributed by atoms with Gasteiger partial charge in [-0.2, -0.15) is 0 Å². The molecule has 0 bridgehead atoms. The number of carbonyl (C=O) groups is 1. The molecule has 0 fully saturated rings. The molecule has 0 N–H and O–H groups in total. The maximum atomic E-state index is 12.9. The van der Waals surface area contributed by atoms with Crippen molar-refractivity contribution in [3.05, 3.63) is 70.8 Å². The van der Waals surface area contributed by atoms with Crippen LogP contribution < -0.4 is 5.69 Å². The molecule has 2 aromatic carbocycles. The number of amides is 1. The van der Waals surface area contributed by atoms with Crippen molar-refractivity contribution in [2.75, 3.05) is 7.05 Å². The fourth-order valence-corrected chi connectivity index (χ4v) is 3.38. The van der Waals surface area contributed by atoms with E-state index in [-0.39, 0.29) is 24.2 Å². The standard InChI is InChI=1S/C21H21N3O3/c1-14(19-12-15-8-4-7-11-18(15)27-19)22(2)20(25)13-24-17-10-6-5-9-16(17)23(3)21(24)26/h4-12,14H,13H2,1-3H3. The quantitative estimate of drug-likeness (QED) is 0.559. The van der Waals surface area contributed by atoms with Gasteiger partial charge in [0.2, 0.25) is 5.91 Å². The van der Waals surface area contributed by atoms with Gasteiger partial charge in [0.05, 0.1) is 17.1 Å². The van der Waals surface area contributed by atoms with E-state index in [1.807, 2.05) is 61.5 Å². The molecule has 0 radical (unpaired) electrons. The van der Waals surface area contributed by atoms with Crippen molar-refractivity contribution in [1.29, 1.82) is 0 Å². The summed E-state index contributed by atoms with van der Waals surface area (Å²) < 4.78 is 8.96. The van der Waals surface area contributed by atoms with Crippen molar-refractivity contribution in [3.8, 4) is 0 Å². The van der Waals surface area contributed by atoms with Gasteiger partial charge in [0.15, 0.2) is 0 Å². The maximum absolute atomic E-state index is 12.9. The molecule has 4 rings (SSSR count). The van der Waals surface area contributed by atoms with E-state index in [1.54, 1.807) is 23.6 Å². The molecule has 1 atom stereocenters. The Morgan fingerprint density at radius 1 is 1.11 bits per heavy atom. The van der Waals surface area contributed by atoms with Crippen molar-refractivity contribution in [1.82, 2.24) is 14.0 Å². The Balaban J connectivity index is 1.61. The number of imidazole rings is 1. The van der Waals surface area contributed by atoms with E-state index in [0.717, 1.165) is 27.8 Å². The predicted molar refractivity (Wildman–Crippen MR) is 105 cm³/mol. The van der Waals surface area contributed by atoms with Gasteiger partial charge in [0, 0.05) is 19.5 Å². The van der Waals surface area contributed by atoms with Crippen LogP contribution in [0.4, 0.5) is 0 Å². The summed E-state index contributed by atoms with van der Waals surface area (Å²) in [6, 6.07) is 16.9. The lowest BCUT2D eigenvalue weighted by molar-refractivity contribution is -0.132. The molecule has 0 spiro atoms. The molecule has 1 unspecified atom stereocenters. The number of aryl methyl sites for hydroxylation is 1. The summed E-state index contributed by atoms with van der Waals surface area (Å²) in [5.41, 5.74) is 2.16. The Labute approximate surface area is 156 Å². The van der Waals surface area contributed by atoms with Gasteiger partial charge in [0.1, 0.15) is 17.9 Å². The van der Waals surface area contributed by atoms with Crippen LogP contribution >= 0.6 is 0 Å². The van der Waals surface area contributed by atoms with Crippen LogP contribution in [0.25, 0.3) is 22.0 Å². The topological polar surface area (TPSA) is 60.4 Å². The molecule has 2 heterocycles. The van der Waals surface area contributed by atoms with Gasteiger partial charge >= 0.3 is 5.69 Å². The van der Waals surface area contributed by atoms with Crippen LogP contribution in [0.3, 0.4) is 0 Å². The molecule has 2 aromatic heterocycles. The number of benzene rings is 2. The molecule has 4 aromatic rings. The summed E-state index contributed by atoms with van der Waals surface area (Å²) >= 11 is 0. The first kappa shape index (κ1) is 17.1. The molecule has 27 heavy (non-hydrogen) atoms. The number of hydrogen-bond donors (Lipinski definition) is 0. The molecule has 6 heteroatoms. The Morgan fingerprint density at radius 3 is 2.52 bits per heavy atom. The van der Waals surface area contributed by atoms with Gasteiger partial charge in [0.25, 0.3) is 0 Å². The molecule has 6 nitrogen and oxygen atoms in total. The molecule has 0 aliphatic carbocycles. The summed E-state index contributed by atoms with van der Waals surface area (Å²) in [5.74, 6) is 0.568. The Kier molecular flexibility index (Phi) is 4.11. The minimum atomic E-state index is -0.240. The molecule has 0 saturated heterocycles. The van der Waals surface area contributed by atoms with Crippen molar-refractivity contribution in [2.45, 2.75) is 19.5 Å². The zero-order valence-electron chi connectivity index (χ0n) is 15.5. The lowest BCUT2D eigenvalue weighted by Crippen LogP contribution is -2.35. The van der Waals surface area contributed by atoms with E-state index in [1.165, 1.54) is 4.57 Å². The van der Waals surface area contributed by atoms with Gasteiger partial charge < -0.3 is 9.32 Å². The summed E-state index contributed by atoms with van der Waals surface area (Å²) in [7, 11) is 3.45. The summed E-state index contributed by atoms with van der Waals surface area (Å²) in [5, 5.41) is 1.01. The zero-order valence-corrected chi connectivity index (χ0v) is 15.5. The fourth-order valence-electron chi connectivity index (χ4n) is 3.38. The highest BCUT2D eigenvalue weighted by Gasteiger charge is 2.22. The monoisotopic (exact) mass is 363 g/mol. The minimum Gasteiger partial charge on any atom is -0.459 e. The number of aromatic nitrogens is 2. The largest absolute Gasteiger partial charge is 0.459 e. The third kappa shape index (κ3) is 2.83. The molecular formula is C21H21N3O3. The second-order valence-electron chi connectivity index (χ2n) is 6.78. The number of nitrogens with zero attached hydrogens (tertiary/aromatic N) is 3. The van der Waals surface area contributed by atoms with Crippen molar-refractivity contribution in [3.63, 3.8) is 0 Å². The SMILES string of the molecule is CC(c1cc2ccccc2o1)N(C)C(=O)Cn1c(=O)n(C)c2ccccc21. The number of rotatable bonds is 4. The molecule has 0 saturated carbocycles. The van der Waals surface area contributed by atoms with Crippen LogP contribution in [0.15, 0.2) is 63.8 Å². The fraction of sp³-hybridized carbons (Fsp3) is 0.238. The van der Waals surface area contributed by atoms with Crippen LogP contribution in [0, 0.1) is 0 Å². The zero-order chi connectivity index (χ0) is 19.1. The maximum Gasteiger partial charge on any atom is 0.329 e. The first-order valence-electron chi connectivity index (χ1n) is 8.86. The minimum absolute atomic E-state index is 0.0126. The van der Waals surface area contributed by atoms with Crippen molar-refractivity contribution in [2.24, 2.45) is 7.05 Å². The number of para-hydroxylation sites is 3. The third-order valence-corrected chi connectivity index (χ3v) is 5.18. The number of fused-ring (bicyclic) bond motifs is 2. The third-order valence-electron chi connectivity index (χ3n) is 5.18. The number of carbonyl (C=O) groups excluding carboxylic acids is 1. The van der Waals surface area contributed by atoms with Crippen LogP contribution in [0.1, 0.15) is 18.7 Å². The second-order valence-corrected chi connectivity index (χ2v) is 6.78. The van der Waals surface area contributed by atoms with Crippen LogP contribution in [-0.4, -0.2) is 27.0 Å². The van der Waals surface area contributed by atoms with E-state index >= 15 is 0 Å². The molecule has 1 amide bonds. The van der Waals surface area contributed by atoms with Gasteiger partial charge in [-0.15, -0.1) is 0 Å². The predicted octanol–water partition coefficient (Wildman–Crippen LogP) is 3.31. The van der Waals surface area contributed by atoms with Crippen molar-refractivity contribution < 1.29 is 9.21 Å². The molecule has 0 aliphatic rings. The van der Waals surface area contributed by atoms with Crippen LogP contribution in [-0.2, 0) is 18.4 Å². The van der Waals surface area contributed by atoms with E-state index in [0.29, 0.717) is 0 Å². The van der Waals surface area contributed by atoms with E-state index in [9.17, 15) is 9.59 Å². The average molecular weight is 363 g/mol. The first-order chi connectivity index (χ1) is 13.0. The van der Waals surface area contributed by atoms with Crippen LogP contribution in [0.2, 0.25) is 0 Å². The lowest BCUT2D eigenvalue weighted by atomic mass is 10.2. The van der Waals surface area contributed by atoms with Gasteiger partial charge in [-0.3, -0.25) is 13.9 Å². The number of hydrogen-bond acceptors (Lipinski definition) is 3. The smallest absolute Gasteiger partial charge is 0.329 e. The Hall–Kier alpha value is -3.28. The average Bonchev–Trinajstić information content (AvgIpc) is 3.22. The van der Waals surface area contributed by atoms with E-state index in [2.05, 4.69) is 0 Å². The second kappa shape index (κ2) is 6.46. The number of furan rings is 1. The summed E-state index contributed by atoms with van der Waals surface area (Å²) in [4.78, 5) is 27.0. The highest BCUT2D eigenvalue weighted by molar-refractivity contribution is 5.81. The highest BCUT2D eigenvalue weighted by Crippen LogP contribution is 2.26. The Bertz CT molecular complexity index is 1170. The van der Waals surface area contributed by atoms with Gasteiger partial charge in [-0.1, -0.05) is 30.3 Å². The molecule has 0 aliphatic heterocycles. The highest BCUT2D eigenvalue weighted by atomic mass is 16.3. The summed E-state index contributed by atoms with van der Waals surface area (Å²) in [6.45, 7) is 1.91. The summed E-state index contributed by atoms with van der Waals surface area (Å²) in [6.07, 6.45) is 0. The van der Waals surface area contributed by atoms with Crippen LogP contribution in [0.5, 0.6) is 0 Å². The van der Waals surface area contributed by atoms with Gasteiger partial charge in [-0.05, 0) is 31.2 Å². The normalized spacial score (nSPS) is 12.6. The molecular weight excluding hydrogens is 342 g/mol. The van der Waals surface area contributed by atoms with Gasteiger partial charge in [-0.25, -0.2) is 4.79 Å². The first-order valence-corrected chi connectivity index (χ1v) is 8.86. The van der Waals surface area contributed by atoms with E-state index < -0.39 is 0 Å². The van der Waals surface area contributed by atoms with E-state index in [4.69, 9.17) is 4.42 Å². The molecule has 138 valence electrons. The van der Waals surface area contributed by atoms with Crippen molar-refractivity contribution >= 4 is 27.9 Å². The lowest BCUT2D eigenvalue weighted by Gasteiger charge is -2.23. The Morgan fingerprint density at radius 2 is 1.78 bits per heavy atom. The number of likely N-dealkylation sites (N-methyl/N-ethyl adjacent to an activating group) is 1.